The Morgan fingerprint density at radius 2 is 1.60 bits per heavy atom. The second-order valence-corrected chi connectivity index (χ2v) is 14.2. The van der Waals surface area contributed by atoms with Gasteiger partial charge >= 0.3 is 0 Å². The van der Waals surface area contributed by atoms with Crippen molar-refractivity contribution in [3.63, 3.8) is 0 Å². The summed E-state index contributed by atoms with van der Waals surface area (Å²) in [7, 11) is 0. The minimum Gasteiger partial charge on any atom is -0.489 e. The number of fused-ring (bicyclic) bond motifs is 1. The maximum Gasteiger partial charge on any atom is 0.255 e. The van der Waals surface area contributed by atoms with Crippen LogP contribution in [0.5, 0.6) is 5.75 Å². The third-order valence-corrected chi connectivity index (χ3v) is 10.5. The average molecular weight is 710 g/mol. The summed E-state index contributed by atoms with van der Waals surface area (Å²) >= 11 is 0. The van der Waals surface area contributed by atoms with E-state index in [1.165, 1.54) is 11.6 Å². The Morgan fingerprint density at radius 3 is 2.30 bits per heavy atom. The number of carbonyl (C=O) groups excluding carboxylic acids is 1. The molecule has 2 aliphatic heterocycles. The molecule has 0 bridgehead atoms. The van der Waals surface area contributed by atoms with Crippen molar-refractivity contribution in [2.75, 3.05) is 19.7 Å². The van der Waals surface area contributed by atoms with Gasteiger partial charge in [0.2, 0.25) is 0 Å². The number of piperazine rings is 1. The van der Waals surface area contributed by atoms with Crippen LogP contribution >= 0.6 is 0 Å². The van der Waals surface area contributed by atoms with Crippen molar-refractivity contribution in [2.45, 2.75) is 64.6 Å². The summed E-state index contributed by atoms with van der Waals surface area (Å²) in [5.41, 5.74) is 5.70. The number of hydrogen-bond donors (Lipinski definition) is 0. The molecule has 270 valence electrons. The van der Waals surface area contributed by atoms with Gasteiger partial charge < -0.3 is 14.4 Å². The van der Waals surface area contributed by atoms with Crippen molar-refractivity contribution >= 4 is 16.9 Å². The quantitative estimate of drug-likeness (QED) is 0.149. The molecule has 6 aromatic rings. The van der Waals surface area contributed by atoms with Crippen LogP contribution in [-0.2, 0) is 17.9 Å². The number of rotatable bonds is 9. The zero-order valence-corrected chi connectivity index (χ0v) is 30.2. The predicted molar refractivity (Wildman–Crippen MR) is 204 cm³/mol. The van der Waals surface area contributed by atoms with E-state index in [0.29, 0.717) is 60.0 Å². The molecule has 2 aliphatic rings. The molecule has 2 aromatic heterocycles. The number of aromatic nitrogens is 3. The van der Waals surface area contributed by atoms with E-state index >= 15 is 9.18 Å². The molecule has 0 radical (unpaired) electrons. The molecule has 0 aliphatic carbocycles. The van der Waals surface area contributed by atoms with E-state index in [9.17, 15) is 0 Å². The van der Waals surface area contributed by atoms with Crippen LogP contribution in [-0.4, -0.2) is 56.2 Å². The molecule has 8 rings (SSSR count). The number of pyridine rings is 1. The minimum absolute atomic E-state index is 0.0197. The van der Waals surface area contributed by atoms with Gasteiger partial charge in [-0.2, -0.15) is 5.10 Å². The summed E-state index contributed by atoms with van der Waals surface area (Å²) in [6.07, 6.45) is 2.46. The van der Waals surface area contributed by atoms with Crippen molar-refractivity contribution < 1.29 is 18.7 Å². The van der Waals surface area contributed by atoms with Crippen molar-refractivity contribution in [3.05, 3.63) is 149 Å². The van der Waals surface area contributed by atoms with E-state index in [-0.39, 0.29) is 29.8 Å². The number of hydrogen-bond acceptors (Lipinski definition) is 6. The van der Waals surface area contributed by atoms with Crippen LogP contribution in [0.4, 0.5) is 4.39 Å². The molecule has 4 heterocycles. The van der Waals surface area contributed by atoms with Gasteiger partial charge in [0, 0.05) is 43.9 Å². The molecule has 3 atom stereocenters. The molecule has 3 unspecified atom stereocenters. The van der Waals surface area contributed by atoms with E-state index in [2.05, 4.69) is 60.4 Å². The van der Waals surface area contributed by atoms with Gasteiger partial charge in [-0.1, -0.05) is 91.0 Å². The number of nitrogens with zero attached hydrogens (tertiary/aromatic N) is 5. The third-order valence-electron chi connectivity index (χ3n) is 10.5. The summed E-state index contributed by atoms with van der Waals surface area (Å²) in [6, 6.07) is 37.1. The van der Waals surface area contributed by atoms with Gasteiger partial charge in [-0.15, -0.1) is 0 Å². The number of amides is 1. The van der Waals surface area contributed by atoms with Crippen LogP contribution in [0.25, 0.3) is 22.3 Å². The van der Waals surface area contributed by atoms with Crippen LogP contribution in [0.2, 0.25) is 0 Å². The number of halogens is 1. The first kappa shape index (κ1) is 34.7. The fourth-order valence-electron chi connectivity index (χ4n) is 7.74. The van der Waals surface area contributed by atoms with Crippen LogP contribution in [0, 0.1) is 12.7 Å². The highest BCUT2D eigenvalue weighted by molar-refractivity contribution is 6.07. The standard InChI is InChI=1S/C44H44FN5O3/c1-30-26-48(27-32-14-6-3-7-15-32)40(34-18-10-5-11-19-34)28-49(30)44(51)37-25-39(46-43-42(37)31(2)47-50(43)41-20-12-13-23-52-41)36-22-21-35(24-38(36)45)53-29-33-16-8-4-9-17-33/h3-11,14-19,21-22,24-25,30,40-41H,12-13,20,23,26-29H2,1-2H3. The van der Waals surface area contributed by atoms with Crippen LogP contribution in [0.3, 0.4) is 0 Å². The van der Waals surface area contributed by atoms with Crippen molar-refractivity contribution in [3.8, 4) is 17.0 Å². The Morgan fingerprint density at radius 1 is 0.887 bits per heavy atom. The maximum absolute atomic E-state index is 16.1. The van der Waals surface area contributed by atoms with Crippen LogP contribution in [0.1, 0.15) is 71.2 Å². The fraction of sp³-hybridized carbons (Fsp3) is 0.295. The zero-order valence-electron chi connectivity index (χ0n) is 30.2. The molecule has 0 spiro atoms. The summed E-state index contributed by atoms with van der Waals surface area (Å²) in [6.45, 7) is 6.92. The lowest BCUT2D eigenvalue weighted by Crippen LogP contribution is -2.55. The SMILES string of the molecule is Cc1nn(C2CCCCO2)c2nc(-c3ccc(OCc4ccccc4)cc3F)cc(C(=O)N3CC(c4ccccc4)N(Cc4ccccc4)CC3C)c12. The number of ether oxygens (including phenoxy) is 2. The Labute approximate surface area is 309 Å². The molecule has 9 heteroatoms. The molecule has 8 nitrogen and oxygen atoms in total. The van der Waals surface area contributed by atoms with Crippen LogP contribution < -0.4 is 4.74 Å². The summed E-state index contributed by atoms with van der Waals surface area (Å²) in [4.78, 5) is 24.5. The van der Waals surface area contributed by atoms with Crippen molar-refractivity contribution in [1.29, 1.82) is 0 Å². The first-order chi connectivity index (χ1) is 25.9. The molecule has 0 saturated carbocycles. The van der Waals surface area contributed by atoms with Gasteiger partial charge in [0.25, 0.3) is 5.91 Å². The van der Waals surface area contributed by atoms with E-state index in [1.807, 2.05) is 54.3 Å². The summed E-state index contributed by atoms with van der Waals surface area (Å²) in [5.74, 6) is -0.190. The van der Waals surface area contributed by atoms with Gasteiger partial charge in [-0.3, -0.25) is 9.69 Å². The van der Waals surface area contributed by atoms with E-state index in [0.717, 1.165) is 36.9 Å². The smallest absolute Gasteiger partial charge is 0.255 e. The maximum atomic E-state index is 16.1. The monoisotopic (exact) mass is 709 g/mol. The first-order valence-electron chi connectivity index (χ1n) is 18.5. The Hall–Kier alpha value is -5.38. The predicted octanol–water partition coefficient (Wildman–Crippen LogP) is 8.91. The van der Waals surface area contributed by atoms with Gasteiger partial charge in [-0.25, -0.2) is 14.1 Å². The van der Waals surface area contributed by atoms with E-state index in [1.54, 1.807) is 22.9 Å². The van der Waals surface area contributed by atoms with Gasteiger partial charge in [0.1, 0.15) is 18.2 Å². The molecular formula is C44H44FN5O3. The molecule has 2 fully saturated rings. The number of carbonyl (C=O) groups is 1. The molecule has 1 amide bonds. The first-order valence-corrected chi connectivity index (χ1v) is 18.5. The van der Waals surface area contributed by atoms with E-state index < -0.39 is 5.82 Å². The number of aryl methyl sites for hydroxylation is 1. The topological polar surface area (TPSA) is 72.7 Å². The average Bonchev–Trinajstić information content (AvgIpc) is 3.54. The Bertz CT molecular complexity index is 2190. The van der Waals surface area contributed by atoms with Crippen molar-refractivity contribution in [1.82, 2.24) is 24.6 Å². The third kappa shape index (κ3) is 7.32. The highest BCUT2D eigenvalue weighted by Gasteiger charge is 2.37. The highest BCUT2D eigenvalue weighted by atomic mass is 19.1. The largest absolute Gasteiger partial charge is 0.489 e. The Kier molecular flexibility index (Phi) is 10.0. The molecule has 4 aromatic carbocycles. The van der Waals surface area contributed by atoms with Crippen LogP contribution in [0.15, 0.2) is 115 Å². The molecule has 2 saturated heterocycles. The second kappa shape index (κ2) is 15.3. The van der Waals surface area contributed by atoms with E-state index in [4.69, 9.17) is 19.6 Å². The normalized spacial score (nSPS) is 19.4. The summed E-state index contributed by atoms with van der Waals surface area (Å²) < 4.78 is 29.9. The lowest BCUT2D eigenvalue weighted by atomic mass is 9.97. The second-order valence-electron chi connectivity index (χ2n) is 14.2. The lowest BCUT2D eigenvalue weighted by molar-refractivity contribution is -0.0371. The molecular weight excluding hydrogens is 666 g/mol. The highest BCUT2D eigenvalue weighted by Crippen LogP contribution is 2.36. The van der Waals surface area contributed by atoms with Gasteiger partial charge in [0.05, 0.1) is 28.4 Å². The zero-order chi connectivity index (χ0) is 36.3. The minimum atomic E-state index is -0.482. The van der Waals surface area contributed by atoms with Gasteiger partial charge in [0.15, 0.2) is 11.9 Å². The van der Waals surface area contributed by atoms with Crippen molar-refractivity contribution in [2.24, 2.45) is 0 Å². The number of benzene rings is 4. The fourth-order valence-corrected chi connectivity index (χ4v) is 7.74. The van der Waals surface area contributed by atoms with Gasteiger partial charge in [-0.05, 0) is 68.0 Å². The molecule has 53 heavy (non-hydrogen) atoms. The molecule has 0 N–H and O–H groups in total. The lowest BCUT2D eigenvalue weighted by Gasteiger charge is -2.45. The Balaban J connectivity index is 1.17. The summed E-state index contributed by atoms with van der Waals surface area (Å²) in [5, 5.41) is 5.58.